The van der Waals surface area contributed by atoms with Crippen molar-refractivity contribution in [2.45, 2.75) is 51.9 Å². The van der Waals surface area contributed by atoms with Crippen LogP contribution in [0.4, 0.5) is 0 Å². The second kappa shape index (κ2) is 10.7. The highest BCUT2D eigenvalue weighted by molar-refractivity contribution is 5.79. The molecule has 28 heavy (non-hydrogen) atoms. The number of nitrogens with zero attached hydrogens (tertiary/aromatic N) is 1. The summed E-state index contributed by atoms with van der Waals surface area (Å²) >= 11 is 0. The zero-order chi connectivity index (χ0) is 19.6. The van der Waals surface area contributed by atoms with Gasteiger partial charge in [0, 0.05) is 23.6 Å². The molecule has 3 rings (SSSR count). The number of amides is 1. The third-order valence-electron chi connectivity index (χ3n) is 5.55. The molecule has 1 aromatic heterocycles. The lowest BCUT2D eigenvalue weighted by atomic mass is 9.79. The molecule has 0 radical (unpaired) electrons. The summed E-state index contributed by atoms with van der Waals surface area (Å²) < 4.78 is 5.66. The van der Waals surface area contributed by atoms with Gasteiger partial charge < -0.3 is 10.1 Å². The van der Waals surface area contributed by atoms with E-state index in [0.717, 1.165) is 35.4 Å². The first-order valence-electron chi connectivity index (χ1n) is 10.5. The van der Waals surface area contributed by atoms with Crippen molar-refractivity contribution in [1.29, 1.82) is 0 Å². The molecule has 4 nitrogen and oxygen atoms in total. The van der Waals surface area contributed by atoms with E-state index >= 15 is 0 Å². The fourth-order valence-electron chi connectivity index (χ4n) is 3.85. The van der Waals surface area contributed by atoms with E-state index in [2.05, 4.69) is 29.1 Å². The Labute approximate surface area is 168 Å². The van der Waals surface area contributed by atoms with Gasteiger partial charge in [-0.05, 0) is 49.8 Å². The molecular formula is C24H30N2O2. The number of rotatable bonds is 7. The lowest BCUT2D eigenvalue weighted by Gasteiger charge is -2.27. The fourth-order valence-corrected chi connectivity index (χ4v) is 3.85. The Hall–Kier alpha value is -2.54. The number of aromatic nitrogens is 1. The Balaban J connectivity index is 1.34. The van der Waals surface area contributed by atoms with Crippen LogP contribution in [-0.4, -0.2) is 24.0 Å². The first-order valence-corrected chi connectivity index (χ1v) is 10.5. The van der Waals surface area contributed by atoms with E-state index in [1.807, 2.05) is 30.3 Å². The molecule has 0 bridgehead atoms. The number of hydrogen-bond donors (Lipinski definition) is 1. The van der Waals surface area contributed by atoms with Crippen LogP contribution in [-0.2, 0) is 4.79 Å². The minimum atomic E-state index is 0.157. The van der Waals surface area contributed by atoms with Gasteiger partial charge in [0.15, 0.2) is 0 Å². The van der Waals surface area contributed by atoms with Gasteiger partial charge in [0.05, 0.1) is 12.1 Å². The number of unbranched alkanes of at least 4 members (excludes halogenated alkanes) is 1. The predicted molar refractivity (Wildman–Crippen MR) is 113 cm³/mol. The monoisotopic (exact) mass is 378 g/mol. The zero-order valence-electron chi connectivity index (χ0n) is 16.7. The molecule has 0 spiro atoms. The standard InChI is InChI=1S/C24H30N2O2/c1-2-3-7-19-9-11-21(12-10-19)24(27)26-15-4-5-17-28-22-14-13-20-8-6-16-25-23(20)18-22/h6,8,13-14,16,18-19,21H,2-3,7,9-12,15,17H2,1H3,(H,26,27). The molecule has 1 saturated carbocycles. The zero-order valence-corrected chi connectivity index (χ0v) is 16.7. The Kier molecular flexibility index (Phi) is 7.72. The molecule has 2 aromatic rings. The van der Waals surface area contributed by atoms with E-state index in [1.165, 1.54) is 32.1 Å². The summed E-state index contributed by atoms with van der Waals surface area (Å²) in [6, 6.07) is 9.76. The van der Waals surface area contributed by atoms with Crippen LogP contribution in [0.1, 0.15) is 51.9 Å². The van der Waals surface area contributed by atoms with Gasteiger partial charge in [-0.15, -0.1) is 0 Å². The first-order chi connectivity index (χ1) is 13.8. The molecule has 1 N–H and O–H groups in total. The third-order valence-corrected chi connectivity index (χ3v) is 5.55. The van der Waals surface area contributed by atoms with Gasteiger partial charge in [0.25, 0.3) is 0 Å². The second-order valence-electron chi connectivity index (χ2n) is 7.58. The average molecular weight is 379 g/mol. The van der Waals surface area contributed by atoms with Crippen LogP contribution >= 0.6 is 0 Å². The van der Waals surface area contributed by atoms with E-state index < -0.39 is 0 Å². The maximum atomic E-state index is 12.3. The van der Waals surface area contributed by atoms with Gasteiger partial charge in [-0.1, -0.05) is 44.1 Å². The molecule has 4 heteroatoms. The normalized spacial score (nSPS) is 18.9. The summed E-state index contributed by atoms with van der Waals surface area (Å²) in [6.07, 6.45) is 10.1. The topological polar surface area (TPSA) is 51.2 Å². The summed E-state index contributed by atoms with van der Waals surface area (Å²) in [7, 11) is 0. The predicted octanol–water partition coefficient (Wildman–Crippen LogP) is 4.73. The Morgan fingerprint density at radius 1 is 1.21 bits per heavy atom. The van der Waals surface area contributed by atoms with E-state index in [-0.39, 0.29) is 11.8 Å². The van der Waals surface area contributed by atoms with Crippen LogP contribution in [0.2, 0.25) is 0 Å². The molecule has 0 aliphatic heterocycles. The molecule has 1 aromatic carbocycles. The van der Waals surface area contributed by atoms with Crippen LogP contribution in [0.3, 0.4) is 0 Å². The van der Waals surface area contributed by atoms with Gasteiger partial charge in [0.1, 0.15) is 12.4 Å². The molecule has 1 heterocycles. The Bertz CT molecular complexity index is 829. The highest BCUT2D eigenvalue weighted by atomic mass is 16.5. The maximum Gasteiger partial charge on any atom is 0.223 e. The van der Waals surface area contributed by atoms with Gasteiger partial charge in [0.2, 0.25) is 5.91 Å². The number of ether oxygens (including phenoxy) is 1. The smallest absolute Gasteiger partial charge is 0.223 e. The van der Waals surface area contributed by atoms with Crippen molar-refractivity contribution in [2.24, 2.45) is 11.8 Å². The molecule has 1 fully saturated rings. The number of carbonyl (C=O) groups is 1. The SMILES string of the molecule is CCCCC1CCC(C(=O)NCC#CCOc2ccc3cccnc3c2)CC1. The lowest BCUT2D eigenvalue weighted by molar-refractivity contribution is -0.125. The van der Waals surface area contributed by atoms with Crippen molar-refractivity contribution < 1.29 is 9.53 Å². The summed E-state index contributed by atoms with van der Waals surface area (Å²) in [5, 5.41) is 4.04. The first kappa shape index (κ1) is 20.2. The molecule has 148 valence electrons. The van der Waals surface area contributed by atoms with E-state index in [0.29, 0.717) is 13.2 Å². The van der Waals surface area contributed by atoms with E-state index in [9.17, 15) is 4.79 Å². The molecule has 1 amide bonds. The van der Waals surface area contributed by atoms with Gasteiger partial charge in [-0.25, -0.2) is 0 Å². The molecule has 0 saturated heterocycles. The summed E-state index contributed by atoms with van der Waals surface area (Å²) in [6.45, 7) is 2.93. The average Bonchev–Trinajstić information content (AvgIpc) is 2.74. The number of pyridine rings is 1. The number of hydrogen-bond acceptors (Lipinski definition) is 3. The maximum absolute atomic E-state index is 12.3. The number of benzene rings is 1. The van der Waals surface area contributed by atoms with Crippen molar-refractivity contribution in [3.8, 4) is 17.6 Å². The van der Waals surface area contributed by atoms with Crippen molar-refractivity contribution in [2.75, 3.05) is 13.2 Å². The van der Waals surface area contributed by atoms with Crippen LogP contribution in [0.15, 0.2) is 36.5 Å². The molecular weight excluding hydrogens is 348 g/mol. The fraction of sp³-hybridized carbons (Fsp3) is 0.500. The minimum Gasteiger partial charge on any atom is -0.481 e. The van der Waals surface area contributed by atoms with Crippen LogP contribution in [0.25, 0.3) is 10.9 Å². The minimum absolute atomic E-state index is 0.157. The van der Waals surface area contributed by atoms with Crippen LogP contribution in [0, 0.1) is 23.7 Å². The highest BCUT2D eigenvalue weighted by Gasteiger charge is 2.25. The van der Waals surface area contributed by atoms with Crippen molar-refractivity contribution >= 4 is 16.8 Å². The van der Waals surface area contributed by atoms with Gasteiger partial charge in [-0.3, -0.25) is 9.78 Å². The summed E-state index contributed by atoms with van der Waals surface area (Å²) in [5.41, 5.74) is 0.907. The molecule has 1 aliphatic rings. The number of fused-ring (bicyclic) bond motifs is 1. The summed E-state index contributed by atoms with van der Waals surface area (Å²) in [5.74, 6) is 7.84. The molecule has 1 aliphatic carbocycles. The number of nitrogens with one attached hydrogen (secondary N) is 1. The summed E-state index contributed by atoms with van der Waals surface area (Å²) in [4.78, 5) is 16.6. The van der Waals surface area contributed by atoms with Gasteiger partial charge >= 0.3 is 0 Å². The third kappa shape index (κ3) is 5.99. The highest BCUT2D eigenvalue weighted by Crippen LogP contribution is 2.31. The van der Waals surface area contributed by atoms with Crippen molar-refractivity contribution in [3.05, 3.63) is 36.5 Å². The van der Waals surface area contributed by atoms with Crippen LogP contribution < -0.4 is 10.1 Å². The largest absolute Gasteiger partial charge is 0.481 e. The van der Waals surface area contributed by atoms with E-state index in [4.69, 9.17) is 4.74 Å². The quantitative estimate of drug-likeness (QED) is 0.709. The molecule has 0 atom stereocenters. The molecule has 0 unspecified atom stereocenters. The van der Waals surface area contributed by atoms with E-state index in [1.54, 1.807) is 6.20 Å². The van der Waals surface area contributed by atoms with Crippen LogP contribution in [0.5, 0.6) is 5.75 Å². The van der Waals surface area contributed by atoms with Crippen molar-refractivity contribution in [1.82, 2.24) is 10.3 Å². The Morgan fingerprint density at radius 2 is 2.07 bits per heavy atom. The van der Waals surface area contributed by atoms with Gasteiger partial charge in [-0.2, -0.15) is 0 Å². The lowest BCUT2D eigenvalue weighted by Crippen LogP contribution is -2.33. The van der Waals surface area contributed by atoms with Crippen molar-refractivity contribution in [3.63, 3.8) is 0 Å². The second-order valence-corrected chi connectivity index (χ2v) is 7.58. The number of carbonyl (C=O) groups excluding carboxylic acids is 1. The Morgan fingerprint density at radius 3 is 2.89 bits per heavy atom.